The minimum Gasteiger partial charge on any atom is -0.489 e. The van der Waals surface area contributed by atoms with Gasteiger partial charge in [0.2, 0.25) is 0 Å². The van der Waals surface area contributed by atoms with Gasteiger partial charge in [-0.15, -0.1) is 0 Å². The Labute approximate surface area is 36.9 Å². The summed E-state index contributed by atoms with van der Waals surface area (Å²) < 4.78 is 4.82. The lowest BCUT2D eigenvalue weighted by atomic mass is 10.3. The zero-order valence-electron chi connectivity index (χ0n) is 3.53. The van der Waals surface area contributed by atoms with Gasteiger partial charge >= 0.3 is 0 Å². The van der Waals surface area contributed by atoms with Gasteiger partial charge in [-0.3, -0.25) is 0 Å². The van der Waals surface area contributed by atoms with Gasteiger partial charge in [0.1, 0.15) is 5.76 Å². The van der Waals surface area contributed by atoms with Crippen LogP contribution < -0.4 is 0 Å². The summed E-state index contributed by atoms with van der Waals surface area (Å²) in [5.74, 6) is 0.912. The lowest BCUT2D eigenvalue weighted by Gasteiger charge is -2.14. The minimum atomic E-state index is 0.859. The van der Waals surface area contributed by atoms with E-state index < -0.39 is 0 Å². The Morgan fingerprint density at radius 2 is 2.50 bits per heavy atom. The van der Waals surface area contributed by atoms with Crippen molar-refractivity contribution in [3.8, 4) is 0 Å². The maximum absolute atomic E-state index is 4.82. The van der Waals surface area contributed by atoms with E-state index in [1.807, 2.05) is 0 Å². The van der Waals surface area contributed by atoms with Crippen molar-refractivity contribution in [2.24, 2.45) is 0 Å². The third-order valence-electron chi connectivity index (χ3n) is 0.803. The standard InChI is InChI=1S/C5H6O/c1-2-5-3-4-6-5/h1,3-4H2. The first-order chi connectivity index (χ1) is 2.93. The van der Waals surface area contributed by atoms with Crippen molar-refractivity contribution in [1.29, 1.82) is 0 Å². The second-order valence-electron chi connectivity index (χ2n) is 1.20. The topological polar surface area (TPSA) is 9.23 Å². The summed E-state index contributed by atoms with van der Waals surface area (Å²) in [5.41, 5.74) is 2.65. The average molecular weight is 82.1 g/mol. The molecule has 0 atom stereocenters. The summed E-state index contributed by atoms with van der Waals surface area (Å²) in [5, 5.41) is 0. The van der Waals surface area contributed by atoms with Crippen molar-refractivity contribution in [1.82, 2.24) is 0 Å². The fourth-order valence-corrected chi connectivity index (χ4v) is 0.344. The zero-order chi connectivity index (χ0) is 4.41. The quantitative estimate of drug-likeness (QED) is 0.397. The van der Waals surface area contributed by atoms with Crippen LogP contribution in [0.3, 0.4) is 0 Å². The highest BCUT2D eigenvalue weighted by molar-refractivity contribution is 4.94. The average Bonchev–Trinajstić information content (AvgIpc) is 1.31. The second kappa shape index (κ2) is 1.19. The highest BCUT2D eigenvalue weighted by atomic mass is 16.5. The largest absolute Gasteiger partial charge is 0.489 e. The number of hydrogen-bond donors (Lipinski definition) is 0. The Kier molecular flexibility index (Phi) is 0.697. The third kappa shape index (κ3) is 0.333. The molecule has 1 aliphatic heterocycles. The van der Waals surface area contributed by atoms with Gasteiger partial charge in [-0.1, -0.05) is 12.3 Å². The second-order valence-corrected chi connectivity index (χ2v) is 1.20. The first kappa shape index (κ1) is 3.51. The summed E-state index contributed by atoms with van der Waals surface area (Å²) in [6, 6.07) is 0. The van der Waals surface area contributed by atoms with E-state index in [1.54, 1.807) is 0 Å². The van der Waals surface area contributed by atoms with Gasteiger partial charge in [0.05, 0.1) is 6.61 Å². The Morgan fingerprint density at radius 3 is 2.50 bits per heavy atom. The molecule has 0 spiro atoms. The lowest BCUT2D eigenvalue weighted by Crippen LogP contribution is -2.06. The molecular formula is C5H6O. The van der Waals surface area contributed by atoms with Crippen LogP contribution in [-0.4, -0.2) is 6.61 Å². The molecule has 1 heterocycles. The molecule has 0 aromatic rings. The van der Waals surface area contributed by atoms with Gasteiger partial charge in [-0.2, -0.15) is 0 Å². The van der Waals surface area contributed by atoms with Gasteiger partial charge in [-0.25, -0.2) is 0 Å². The molecule has 1 rings (SSSR count). The SMILES string of the molecule is C=C=C1CCO1. The van der Waals surface area contributed by atoms with Crippen LogP contribution in [0.15, 0.2) is 18.1 Å². The molecule has 1 saturated heterocycles. The van der Waals surface area contributed by atoms with Crippen molar-refractivity contribution in [3.63, 3.8) is 0 Å². The summed E-state index contributed by atoms with van der Waals surface area (Å²) in [4.78, 5) is 0. The number of hydrogen-bond acceptors (Lipinski definition) is 1. The Morgan fingerprint density at radius 1 is 1.83 bits per heavy atom. The normalized spacial score (nSPS) is 17.7. The summed E-state index contributed by atoms with van der Waals surface area (Å²) in [6.07, 6.45) is 1.03. The van der Waals surface area contributed by atoms with Crippen LogP contribution in [0.25, 0.3) is 0 Å². The molecule has 1 fully saturated rings. The van der Waals surface area contributed by atoms with E-state index >= 15 is 0 Å². The monoisotopic (exact) mass is 82.0 g/mol. The van der Waals surface area contributed by atoms with Crippen LogP contribution in [0.5, 0.6) is 0 Å². The summed E-state index contributed by atoms with van der Waals surface area (Å²) in [6.45, 7) is 4.25. The lowest BCUT2D eigenvalue weighted by molar-refractivity contribution is 0.119. The maximum Gasteiger partial charge on any atom is 0.141 e. The Bertz CT molecular complexity index is 92.5. The van der Waals surface area contributed by atoms with E-state index in [0.29, 0.717) is 0 Å². The molecule has 0 aromatic carbocycles. The molecule has 0 saturated carbocycles. The van der Waals surface area contributed by atoms with Crippen molar-refractivity contribution < 1.29 is 4.74 Å². The van der Waals surface area contributed by atoms with Crippen LogP contribution in [0.1, 0.15) is 6.42 Å². The molecule has 0 N–H and O–H groups in total. The van der Waals surface area contributed by atoms with E-state index in [1.165, 1.54) is 0 Å². The Hall–Kier alpha value is -0.680. The van der Waals surface area contributed by atoms with Crippen molar-refractivity contribution in [2.45, 2.75) is 6.42 Å². The predicted molar refractivity (Wildman–Crippen MR) is 23.2 cm³/mol. The van der Waals surface area contributed by atoms with Gasteiger partial charge in [0.15, 0.2) is 0 Å². The van der Waals surface area contributed by atoms with Crippen LogP contribution >= 0.6 is 0 Å². The molecule has 0 amide bonds. The molecule has 0 aromatic heterocycles. The van der Waals surface area contributed by atoms with Crippen molar-refractivity contribution in [3.05, 3.63) is 18.1 Å². The first-order valence-electron chi connectivity index (χ1n) is 1.95. The highest BCUT2D eigenvalue weighted by Gasteiger charge is 2.05. The molecule has 6 heavy (non-hydrogen) atoms. The minimum absolute atomic E-state index is 0.859. The van der Waals surface area contributed by atoms with Crippen LogP contribution in [0.2, 0.25) is 0 Å². The predicted octanol–water partition coefficient (Wildman–Crippen LogP) is 1.08. The van der Waals surface area contributed by atoms with E-state index in [-0.39, 0.29) is 0 Å². The van der Waals surface area contributed by atoms with Crippen molar-refractivity contribution in [2.75, 3.05) is 6.61 Å². The first-order valence-corrected chi connectivity index (χ1v) is 1.95. The molecular weight excluding hydrogens is 76.1 g/mol. The van der Waals surface area contributed by atoms with E-state index in [4.69, 9.17) is 4.74 Å². The van der Waals surface area contributed by atoms with Gasteiger partial charge < -0.3 is 4.74 Å². The van der Waals surface area contributed by atoms with E-state index in [0.717, 1.165) is 18.8 Å². The van der Waals surface area contributed by atoms with Crippen LogP contribution in [0.4, 0.5) is 0 Å². The molecule has 1 heteroatoms. The fourth-order valence-electron chi connectivity index (χ4n) is 0.344. The van der Waals surface area contributed by atoms with E-state index in [2.05, 4.69) is 12.3 Å². The molecule has 0 bridgehead atoms. The molecule has 0 unspecified atom stereocenters. The van der Waals surface area contributed by atoms with Gasteiger partial charge in [0, 0.05) is 6.42 Å². The number of rotatable bonds is 0. The van der Waals surface area contributed by atoms with E-state index in [9.17, 15) is 0 Å². The molecule has 0 aliphatic carbocycles. The molecule has 1 nitrogen and oxygen atoms in total. The maximum atomic E-state index is 4.82. The van der Waals surface area contributed by atoms with Gasteiger partial charge in [0.25, 0.3) is 0 Å². The van der Waals surface area contributed by atoms with Crippen molar-refractivity contribution >= 4 is 0 Å². The van der Waals surface area contributed by atoms with Crippen LogP contribution in [0, 0.1) is 0 Å². The highest BCUT2D eigenvalue weighted by Crippen LogP contribution is 2.11. The molecule has 1 aliphatic rings. The Balaban J connectivity index is 2.55. The fraction of sp³-hybridized carbons (Fsp3) is 0.400. The summed E-state index contributed by atoms with van der Waals surface area (Å²) >= 11 is 0. The van der Waals surface area contributed by atoms with Crippen LogP contribution in [-0.2, 0) is 4.74 Å². The zero-order valence-corrected chi connectivity index (χ0v) is 3.53. The van der Waals surface area contributed by atoms with Gasteiger partial charge in [-0.05, 0) is 0 Å². The number of ether oxygens (including phenoxy) is 1. The third-order valence-corrected chi connectivity index (χ3v) is 0.803. The summed E-state index contributed by atoms with van der Waals surface area (Å²) in [7, 11) is 0. The molecule has 32 valence electrons. The smallest absolute Gasteiger partial charge is 0.141 e. The molecule has 0 radical (unpaired) electrons.